The van der Waals surface area contributed by atoms with Gasteiger partial charge in [0.2, 0.25) is 0 Å². The summed E-state index contributed by atoms with van der Waals surface area (Å²) in [6.07, 6.45) is 7.58. The summed E-state index contributed by atoms with van der Waals surface area (Å²) in [6, 6.07) is 7.19. The second-order valence-corrected chi connectivity index (χ2v) is 8.38. The highest BCUT2D eigenvalue weighted by molar-refractivity contribution is 7.85. The lowest BCUT2D eigenvalue weighted by molar-refractivity contribution is -0.898. The molecule has 1 aromatic carbocycles. The fraction of sp³-hybridized carbons (Fsp3) is 0.625. The molecule has 21 heavy (non-hydrogen) atoms. The first-order valence-electron chi connectivity index (χ1n) is 7.56. The van der Waals surface area contributed by atoms with Crippen molar-refractivity contribution in [2.45, 2.75) is 37.0 Å². The van der Waals surface area contributed by atoms with Gasteiger partial charge in [0.1, 0.15) is 10.1 Å². The van der Waals surface area contributed by atoms with Crippen LogP contribution >= 0.6 is 0 Å². The number of hydrogen-bond donors (Lipinski definition) is 0. The molecule has 0 unspecified atom stereocenters. The van der Waals surface area contributed by atoms with Gasteiger partial charge >= 0.3 is 0 Å². The zero-order valence-electron chi connectivity index (χ0n) is 12.9. The van der Waals surface area contributed by atoms with Crippen molar-refractivity contribution in [1.29, 1.82) is 0 Å². The molecule has 0 bridgehead atoms. The maximum absolute atomic E-state index is 10.3. The van der Waals surface area contributed by atoms with E-state index < -0.39 is 10.1 Å². The Kier molecular flexibility index (Phi) is 4.76. The van der Waals surface area contributed by atoms with E-state index in [9.17, 15) is 13.0 Å². The van der Waals surface area contributed by atoms with Gasteiger partial charge in [-0.05, 0) is 30.4 Å². The van der Waals surface area contributed by atoms with E-state index in [1.807, 2.05) is 0 Å². The van der Waals surface area contributed by atoms with Crippen molar-refractivity contribution >= 4 is 10.1 Å². The van der Waals surface area contributed by atoms with E-state index in [4.69, 9.17) is 0 Å². The SMILES string of the molecule is C[N+]1(C)CCC2(CCC2)CC1.O=S(=O)([O-])c1ccccc1. The van der Waals surface area contributed by atoms with Gasteiger partial charge in [-0.1, -0.05) is 24.6 Å². The zero-order valence-corrected chi connectivity index (χ0v) is 13.7. The number of nitrogens with zero attached hydrogens (tertiary/aromatic N) is 1. The molecule has 5 heteroatoms. The molecule has 3 rings (SSSR count). The quantitative estimate of drug-likeness (QED) is 0.592. The summed E-state index contributed by atoms with van der Waals surface area (Å²) in [5.74, 6) is 0. The van der Waals surface area contributed by atoms with Crippen molar-refractivity contribution in [3.63, 3.8) is 0 Å². The van der Waals surface area contributed by atoms with Gasteiger partial charge in [0, 0.05) is 12.8 Å². The Labute approximate surface area is 128 Å². The summed E-state index contributed by atoms with van der Waals surface area (Å²) >= 11 is 0. The van der Waals surface area contributed by atoms with Crippen LogP contribution in [0.3, 0.4) is 0 Å². The molecule has 4 nitrogen and oxygen atoms in total. The van der Waals surface area contributed by atoms with Crippen LogP contribution in [0.1, 0.15) is 32.1 Å². The number of likely N-dealkylation sites (tertiary alicyclic amines) is 1. The Balaban J connectivity index is 0.000000155. The van der Waals surface area contributed by atoms with E-state index in [2.05, 4.69) is 14.1 Å². The van der Waals surface area contributed by atoms with E-state index in [1.54, 1.807) is 6.07 Å². The molecule has 1 aliphatic heterocycles. The Bertz CT molecular complexity index is 550. The minimum atomic E-state index is -4.25. The maximum Gasteiger partial charge on any atom is 0.124 e. The number of piperidine rings is 1. The van der Waals surface area contributed by atoms with Gasteiger partial charge in [-0.3, -0.25) is 0 Å². The maximum atomic E-state index is 10.3. The highest BCUT2D eigenvalue weighted by Crippen LogP contribution is 2.49. The molecule has 2 fully saturated rings. The smallest absolute Gasteiger partial charge is 0.124 e. The fourth-order valence-electron chi connectivity index (χ4n) is 3.08. The molecule has 2 aliphatic rings. The van der Waals surface area contributed by atoms with Crippen LogP contribution in [0.5, 0.6) is 0 Å². The second-order valence-electron chi connectivity index (χ2n) is 7.00. The molecule has 118 valence electrons. The van der Waals surface area contributed by atoms with Crippen LogP contribution in [0.25, 0.3) is 0 Å². The van der Waals surface area contributed by atoms with Crippen LogP contribution < -0.4 is 0 Å². The van der Waals surface area contributed by atoms with Gasteiger partial charge in [0.15, 0.2) is 0 Å². The molecule has 1 heterocycles. The summed E-state index contributed by atoms with van der Waals surface area (Å²) in [5.41, 5.74) is 0.841. The average Bonchev–Trinajstić information content (AvgIpc) is 2.38. The monoisotopic (exact) mass is 311 g/mol. The molecular formula is C16H25NO3S. The minimum Gasteiger partial charge on any atom is -0.744 e. The lowest BCUT2D eigenvalue weighted by atomic mass is 9.63. The molecule has 1 spiro atoms. The first kappa shape index (κ1) is 16.5. The summed E-state index contributed by atoms with van der Waals surface area (Å²) in [6.45, 7) is 2.83. The van der Waals surface area contributed by atoms with Gasteiger partial charge in [-0.2, -0.15) is 0 Å². The van der Waals surface area contributed by atoms with Crippen LogP contribution in [0, 0.1) is 5.41 Å². The number of rotatable bonds is 1. The Hall–Kier alpha value is -0.910. The van der Waals surface area contributed by atoms with Crippen molar-refractivity contribution in [2.24, 2.45) is 5.41 Å². The zero-order chi connectivity index (χ0) is 15.6. The molecule has 1 aliphatic carbocycles. The summed E-state index contributed by atoms with van der Waals surface area (Å²) in [5, 5.41) is 0. The van der Waals surface area contributed by atoms with Gasteiger partial charge in [-0.25, -0.2) is 8.42 Å². The lowest BCUT2D eigenvalue weighted by Crippen LogP contribution is -2.51. The van der Waals surface area contributed by atoms with Gasteiger partial charge < -0.3 is 9.04 Å². The van der Waals surface area contributed by atoms with Crippen LogP contribution in [0.15, 0.2) is 35.2 Å². The van der Waals surface area contributed by atoms with Gasteiger partial charge in [0.05, 0.1) is 32.1 Å². The van der Waals surface area contributed by atoms with E-state index in [0.29, 0.717) is 0 Å². The number of hydrogen-bond acceptors (Lipinski definition) is 3. The third kappa shape index (κ3) is 4.53. The van der Waals surface area contributed by atoms with E-state index in [1.165, 1.54) is 73.9 Å². The predicted molar refractivity (Wildman–Crippen MR) is 81.8 cm³/mol. The Morgan fingerprint density at radius 3 is 1.86 bits per heavy atom. The first-order chi connectivity index (χ1) is 9.73. The number of quaternary nitrogens is 1. The van der Waals surface area contributed by atoms with E-state index in [-0.39, 0.29) is 4.90 Å². The van der Waals surface area contributed by atoms with Crippen LogP contribution in [0.2, 0.25) is 0 Å². The standard InChI is InChI=1S/C10H20N.C6H6O3S/c1-11(2)8-6-10(7-9-11)4-3-5-10;7-10(8,9)6-4-2-1-3-5-6/h3-9H2,1-2H3;1-5H,(H,7,8,9)/q+1;/p-1. The average molecular weight is 311 g/mol. The molecule has 0 aromatic heterocycles. The van der Waals surface area contributed by atoms with Crippen molar-refractivity contribution < 1.29 is 17.5 Å². The van der Waals surface area contributed by atoms with Crippen molar-refractivity contribution in [1.82, 2.24) is 0 Å². The van der Waals surface area contributed by atoms with Crippen LogP contribution in [-0.4, -0.2) is 44.6 Å². The fourth-order valence-corrected chi connectivity index (χ4v) is 3.57. The Morgan fingerprint density at radius 2 is 1.52 bits per heavy atom. The molecule has 0 atom stereocenters. The summed E-state index contributed by atoms with van der Waals surface area (Å²) in [7, 11) is 0.480. The van der Waals surface area contributed by atoms with Crippen molar-refractivity contribution in [3.8, 4) is 0 Å². The van der Waals surface area contributed by atoms with Gasteiger partial charge in [0.25, 0.3) is 0 Å². The largest absolute Gasteiger partial charge is 0.744 e. The second kappa shape index (κ2) is 6.07. The lowest BCUT2D eigenvalue weighted by Gasteiger charge is -2.49. The minimum absolute atomic E-state index is 0.185. The number of benzene rings is 1. The normalized spacial score (nSPS) is 22.8. The van der Waals surface area contributed by atoms with Gasteiger partial charge in [-0.15, -0.1) is 0 Å². The molecule has 0 amide bonds. The van der Waals surface area contributed by atoms with Crippen LogP contribution in [-0.2, 0) is 10.1 Å². The highest BCUT2D eigenvalue weighted by Gasteiger charge is 2.42. The Morgan fingerprint density at radius 1 is 1.00 bits per heavy atom. The molecule has 1 saturated carbocycles. The predicted octanol–water partition coefficient (Wildman–Crippen LogP) is 2.62. The summed E-state index contributed by atoms with van der Waals surface area (Å²) < 4.78 is 32.1. The van der Waals surface area contributed by atoms with Crippen molar-refractivity contribution in [3.05, 3.63) is 30.3 Å². The molecular weight excluding hydrogens is 286 g/mol. The van der Waals surface area contributed by atoms with Crippen molar-refractivity contribution in [2.75, 3.05) is 27.2 Å². The molecule has 1 saturated heterocycles. The van der Waals surface area contributed by atoms with E-state index in [0.717, 1.165) is 5.41 Å². The molecule has 0 N–H and O–H groups in total. The first-order valence-corrected chi connectivity index (χ1v) is 8.96. The third-order valence-corrected chi connectivity index (χ3v) is 5.79. The third-order valence-electron chi connectivity index (χ3n) is 4.94. The van der Waals surface area contributed by atoms with Crippen LogP contribution in [0.4, 0.5) is 0 Å². The molecule has 1 aromatic rings. The summed E-state index contributed by atoms with van der Waals surface area (Å²) in [4.78, 5) is -0.185. The highest BCUT2D eigenvalue weighted by atomic mass is 32.2. The molecule has 0 radical (unpaired) electrons. The topological polar surface area (TPSA) is 57.2 Å². The van der Waals surface area contributed by atoms with E-state index >= 15 is 0 Å².